The van der Waals surface area contributed by atoms with Gasteiger partial charge in [0.2, 0.25) is 5.84 Å². The number of nitrogens with zero attached hydrogens (tertiary/aromatic N) is 5. The number of nitrogens with one attached hydrogen (secondary N) is 3. The van der Waals surface area contributed by atoms with Crippen LogP contribution in [-0.2, 0) is 0 Å². The molecular weight excluding hydrogens is 316 g/mol. The number of hydrogen-bond donors (Lipinski definition) is 3. The summed E-state index contributed by atoms with van der Waals surface area (Å²) in [5.74, 6) is 1.38. The maximum absolute atomic E-state index is 3.70. The summed E-state index contributed by atoms with van der Waals surface area (Å²) in [4.78, 5) is 3.70. The van der Waals surface area contributed by atoms with E-state index in [4.69, 9.17) is 0 Å². The molecule has 0 saturated carbocycles. The van der Waals surface area contributed by atoms with Gasteiger partial charge in [0.05, 0.1) is 28.9 Å². The number of aromatic nitrogens is 6. The molecule has 0 aromatic carbocycles. The normalized spacial score (nSPS) is 25.7. The van der Waals surface area contributed by atoms with Crippen molar-refractivity contribution >= 4 is 5.84 Å². The molecule has 2 aromatic heterocycles. The first-order chi connectivity index (χ1) is 11.7. The highest BCUT2D eigenvalue weighted by atomic mass is 15.3. The molecule has 1 fully saturated rings. The van der Waals surface area contributed by atoms with Crippen LogP contribution in [0.2, 0.25) is 0 Å². The lowest BCUT2D eigenvalue weighted by Gasteiger charge is -2.43. The number of aromatic amines is 1. The van der Waals surface area contributed by atoms with Crippen molar-refractivity contribution in [3.8, 4) is 0 Å². The maximum atomic E-state index is 3.70. The molecule has 4 rings (SSSR count). The third kappa shape index (κ3) is 5.95. The van der Waals surface area contributed by atoms with Gasteiger partial charge in [0.15, 0.2) is 0 Å². The van der Waals surface area contributed by atoms with Gasteiger partial charge in [-0.25, -0.2) is 0 Å². The quantitative estimate of drug-likeness (QED) is 0.639. The Hall–Kier alpha value is -2.25. The monoisotopic (exact) mass is 346 g/mol. The van der Waals surface area contributed by atoms with Gasteiger partial charge in [-0.3, -0.25) is 10.3 Å². The van der Waals surface area contributed by atoms with Crippen LogP contribution in [0.25, 0.3) is 0 Å². The Bertz CT molecular complexity index is 569. The standard InChI is InChI=1S/C13H24N2.C2H3N3.C2H2N3/c1-11(2)6-8-13(5)9-7-12(3,4)15-10(13)14-11;2*1-2-4-5-3-1/h6-9H2,1-5H3,(H,14,15);1-2H,(H,3,4,5);1-2H/q;;-1/p+1. The highest BCUT2D eigenvalue weighted by Crippen LogP contribution is 2.38. The third-order valence-electron chi connectivity index (χ3n) is 4.77. The van der Waals surface area contributed by atoms with Crippen LogP contribution >= 0.6 is 0 Å². The van der Waals surface area contributed by atoms with Crippen LogP contribution in [0.1, 0.15) is 60.3 Å². The molecule has 0 bridgehead atoms. The Morgan fingerprint density at radius 3 is 1.96 bits per heavy atom. The van der Waals surface area contributed by atoms with Crippen LogP contribution < -0.4 is 15.5 Å². The van der Waals surface area contributed by atoms with E-state index in [0.717, 1.165) is 0 Å². The molecule has 138 valence electrons. The molecule has 4 heterocycles. The van der Waals surface area contributed by atoms with Gasteiger partial charge in [-0.1, -0.05) is 0 Å². The van der Waals surface area contributed by atoms with Crippen LogP contribution in [0.15, 0.2) is 24.8 Å². The van der Waals surface area contributed by atoms with E-state index in [1.165, 1.54) is 43.9 Å². The van der Waals surface area contributed by atoms with Gasteiger partial charge in [-0.15, -0.1) is 0 Å². The molecule has 2 aliphatic heterocycles. The Kier molecular flexibility index (Phi) is 5.92. The number of amidine groups is 1. The van der Waals surface area contributed by atoms with E-state index in [1.54, 1.807) is 12.4 Å². The minimum Gasteiger partial charge on any atom is -0.493 e. The Morgan fingerprint density at radius 2 is 1.48 bits per heavy atom. The Labute approximate surface area is 149 Å². The van der Waals surface area contributed by atoms with Gasteiger partial charge in [-0.2, -0.15) is 15.4 Å². The van der Waals surface area contributed by atoms with Crippen molar-refractivity contribution in [3.63, 3.8) is 0 Å². The van der Waals surface area contributed by atoms with Crippen LogP contribution in [0.5, 0.6) is 0 Å². The topological polar surface area (TPSA) is 107 Å². The zero-order valence-electron chi connectivity index (χ0n) is 15.9. The van der Waals surface area contributed by atoms with Gasteiger partial charge in [0.1, 0.15) is 0 Å². The average Bonchev–Trinajstić information content (AvgIpc) is 3.26. The number of fused-ring (bicyclic) bond motifs is 1. The smallest absolute Gasteiger partial charge is 0.249 e. The highest BCUT2D eigenvalue weighted by molar-refractivity contribution is 5.84. The Morgan fingerprint density at radius 1 is 0.880 bits per heavy atom. The van der Waals surface area contributed by atoms with Crippen LogP contribution in [-0.4, -0.2) is 42.5 Å². The first kappa shape index (κ1) is 19.1. The lowest BCUT2D eigenvalue weighted by atomic mass is 9.69. The molecule has 1 atom stereocenters. The molecule has 0 spiro atoms. The van der Waals surface area contributed by atoms with Crippen molar-refractivity contribution in [2.75, 3.05) is 0 Å². The van der Waals surface area contributed by atoms with Crippen molar-refractivity contribution < 1.29 is 4.99 Å². The molecule has 8 nitrogen and oxygen atoms in total. The van der Waals surface area contributed by atoms with Crippen LogP contribution in [0.3, 0.4) is 0 Å². The van der Waals surface area contributed by atoms with Crippen molar-refractivity contribution in [2.45, 2.75) is 71.4 Å². The predicted octanol–water partition coefficient (Wildman–Crippen LogP) is 0.445. The summed E-state index contributed by atoms with van der Waals surface area (Å²) in [6.07, 6.45) is 11.4. The fraction of sp³-hybridized carbons (Fsp3) is 0.706. The first-order valence-corrected chi connectivity index (χ1v) is 8.71. The summed E-state index contributed by atoms with van der Waals surface area (Å²) in [7, 11) is 0. The number of piperidine rings is 1. The first-order valence-electron chi connectivity index (χ1n) is 8.71. The van der Waals surface area contributed by atoms with E-state index in [9.17, 15) is 0 Å². The van der Waals surface area contributed by atoms with E-state index in [0.29, 0.717) is 5.41 Å². The molecule has 2 aliphatic rings. The predicted molar refractivity (Wildman–Crippen MR) is 95.6 cm³/mol. The SMILES string of the molecule is CC1(C)CC[C@]2(C)CCC(C)(C)[NH+]=C2N1.c1cn[n-]n1.c1cn[nH]n1. The fourth-order valence-corrected chi connectivity index (χ4v) is 3.00. The lowest BCUT2D eigenvalue weighted by Crippen LogP contribution is -2.92. The second kappa shape index (κ2) is 7.76. The largest absolute Gasteiger partial charge is 0.493 e. The summed E-state index contributed by atoms with van der Waals surface area (Å²) in [5, 5.41) is 23.0. The number of hydrogen-bond acceptors (Lipinski definition) is 5. The summed E-state index contributed by atoms with van der Waals surface area (Å²) in [6, 6.07) is 0. The summed E-state index contributed by atoms with van der Waals surface area (Å²) in [5.41, 5.74) is 0.898. The molecule has 2 aromatic rings. The molecule has 0 radical (unpaired) electrons. The van der Waals surface area contributed by atoms with Crippen molar-refractivity contribution in [3.05, 3.63) is 24.8 Å². The second-order valence-corrected chi connectivity index (χ2v) is 8.23. The molecule has 0 amide bonds. The lowest BCUT2D eigenvalue weighted by molar-refractivity contribution is -0.559. The van der Waals surface area contributed by atoms with Crippen molar-refractivity contribution in [1.29, 1.82) is 0 Å². The molecule has 0 unspecified atom stereocenters. The maximum Gasteiger partial charge on any atom is 0.249 e. The van der Waals surface area contributed by atoms with Gasteiger partial charge < -0.3 is 15.4 Å². The molecular formula is C17H30N8. The number of rotatable bonds is 0. The third-order valence-corrected chi connectivity index (χ3v) is 4.77. The van der Waals surface area contributed by atoms with E-state index in [1.807, 2.05) is 0 Å². The Balaban J connectivity index is 0.000000182. The summed E-state index contributed by atoms with van der Waals surface area (Å²) >= 11 is 0. The van der Waals surface area contributed by atoms with E-state index in [2.05, 4.69) is 75.7 Å². The van der Waals surface area contributed by atoms with E-state index >= 15 is 0 Å². The molecule has 25 heavy (non-hydrogen) atoms. The van der Waals surface area contributed by atoms with Crippen LogP contribution in [0, 0.1) is 5.41 Å². The van der Waals surface area contributed by atoms with Gasteiger partial charge in [0, 0.05) is 12.4 Å². The zero-order chi connectivity index (χ0) is 18.4. The minimum atomic E-state index is 0.259. The zero-order valence-corrected chi connectivity index (χ0v) is 15.9. The average molecular weight is 346 g/mol. The van der Waals surface area contributed by atoms with Crippen molar-refractivity contribution in [1.82, 2.24) is 36.1 Å². The number of H-pyrrole nitrogens is 1. The van der Waals surface area contributed by atoms with Gasteiger partial charge >= 0.3 is 0 Å². The van der Waals surface area contributed by atoms with Gasteiger partial charge in [0.25, 0.3) is 0 Å². The molecule has 3 N–H and O–H groups in total. The van der Waals surface area contributed by atoms with Gasteiger partial charge in [-0.05, 0) is 60.3 Å². The van der Waals surface area contributed by atoms with E-state index < -0.39 is 0 Å². The second-order valence-electron chi connectivity index (χ2n) is 8.23. The highest BCUT2D eigenvalue weighted by Gasteiger charge is 2.48. The fourth-order valence-electron chi connectivity index (χ4n) is 3.00. The van der Waals surface area contributed by atoms with Crippen molar-refractivity contribution in [2.24, 2.45) is 5.41 Å². The van der Waals surface area contributed by atoms with E-state index in [-0.39, 0.29) is 11.1 Å². The molecule has 1 saturated heterocycles. The van der Waals surface area contributed by atoms with Crippen LogP contribution in [0.4, 0.5) is 0 Å². The molecule has 8 heteroatoms. The molecule has 0 aliphatic carbocycles. The summed E-state index contributed by atoms with van der Waals surface area (Å²) in [6.45, 7) is 11.6. The summed E-state index contributed by atoms with van der Waals surface area (Å²) < 4.78 is 0. The minimum absolute atomic E-state index is 0.259.